The predicted molar refractivity (Wildman–Crippen MR) is 203 cm³/mol. The highest BCUT2D eigenvalue weighted by atomic mass is 32.2. The molecule has 1 unspecified atom stereocenters. The fourth-order valence-corrected chi connectivity index (χ4v) is 10.3. The first kappa shape index (κ1) is 37.9. The number of aryl methyl sites for hydroxylation is 1. The van der Waals surface area contributed by atoms with Crippen molar-refractivity contribution in [3.05, 3.63) is 53.5 Å². The summed E-state index contributed by atoms with van der Waals surface area (Å²) in [5.41, 5.74) is 2.93. The first-order valence-corrected chi connectivity index (χ1v) is 20.9. The highest BCUT2D eigenvalue weighted by Crippen LogP contribution is 2.35. The molecule has 0 saturated carbocycles. The fourth-order valence-electron chi connectivity index (χ4n) is 8.62. The normalized spacial score (nSPS) is 22.5. The number of nitriles is 1. The lowest BCUT2D eigenvalue weighted by Crippen LogP contribution is -2.52. The van der Waals surface area contributed by atoms with E-state index in [1.807, 2.05) is 12.1 Å². The number of benzene rings is 1. The second-order valence-corrected chi connectivity index (χ2v) is 17.4. The first-order chi connectivity index (χ1) is 27.0. The maximum absolute atomic E-state index is 13.7. The molecule has 0 bridgehead atoms. The van der Waals surface area contributed by atoms with Crippen LogP contribution in [0.15, 0.2) is 36.8 Å². The Morgan fingerprint density at radius 3 is 2.38 bits per heavy atom. The van der Waals surface area contributed by atoms with Crippen molar-refractivity contribution in [1.29, 1.82) is 5.26 Å². The summed E-state index contributed by atoms with van der Waals surface area (Å²) in [6.45, 7) is 4.79. The number of carbonyl (C=O) groups excluding carboxylic acids is 3. The molecule has 5 aliphatic heterocycles. The van der Waals surface area contributed by atoms with Crippen LogP contribution in [0.25, 0.3) is 11.3 Å². The van der Waals surface area contributed by atoms with E-state index in [0.29, 0.717) is 79.9 Å². The summed E-state index contributed by atoms with van der Waals surface area (Å²) < 4.78 is 38.7. The van der Waals surface area contributed by atoms with Gasteiger partial charge in [0.2, 0.25) is 17.8 Å². The van der Waals surface area contributed by atoms with Gasteiger partial charge in [-0.15, -0.1) is 0 Å². The van der Waals surface area contributed by atoms with Crippen LogP contribution in [0.2, 0.25) is 0 Å². The Labute approximate surface area is 326 Å². The van der Waals surface area contributed by atoms with E-state index in [-0.39, 0.29) is 36.9 Å². The van der Waals surface area contributed by atoms with Crippen LogP contribution >= 0.6 is 0 Å². The monoisotopic (exact) mass is 785 g/mol. The molecule has 17 nitrogen and oxygen atoms in total. The number of ether oxygens (including phenoxy) is 1. The van der Waals surface area contributed by atoms with Crippen LogP contribution in [0.5, 0.6) is 5.75 Å². The molecule has 296 valence electrons. The lowest BCUT2D eigenvalue weighted by molar-refractivity contribution is -0.136. The molecule has 3 amide bonds. The number of likely N-dealkylation sites (tertiary alicyclic amines) is 1. The molecule has 1 atom stereocenters. The molecule has 5 aliphatic rings. The third-order valence-corrected chi connectivity index (χ3v) is 13.8. The van der Waals surface area contributed by atoms with Crippen molar-refractivity contribution in [2.45, 2.75) is 76.1 Å². The molecule has 8 rings (SSSR count). The van der Waals surface area contributed by atoms with Crippen molar-refractivity contribution >= 4 is 33.9 Å². The summed E-state index contributed by atoms with van der Waals surface area (Å²) in [4.78, 5) is 50.3. The van der Waals surface area contributed by atoms with Crippen LogP contribution in [0, 0.1) is 17.2 Å². The molecule has 3 aromatic rings. The number of fused-ring (bicyclic) bond motifs is 1. The molecule has 2 N–H and O–H groups in total. The van der Waals surface area contributed by atoms with Gasteiger partial charge in [-0.25, -0.2) is 9.97 Å². The average molecular weight is 786 g/mol. The van der Waals surface area contributed by atoms with Crippen LogP contribution < -0.4 is 15.4 Å². The van der Waals surface area contributed by atoms with Crippen LogP contribution in [-0.2, 0) is 33.4 Å². The molecule has 4 saturated heterocycles. The number of carbonyl (C=O) groups is 3. The van der Waals surface area contributed by atoms with Gasteiger partial charge in [0.1, 0.15) is 24.0 Å². The minimum atomic E-state index is -3.57. The summed E-state index contributed by atoms with van der Waals surface area (Å²) in [7, 11) is -1.77. The lowest BCUT2D eigenvalue weighted by atomic mass is 9.96. The molecular weight excluding hydrogens is 739 g/mol. The van der Waals surface area contributed by atoms with Crippen molar-refractivity contribution in [2.24, 2.45) is 13.0 Å². The molecule has 7 heterocycles. The number of piperidine rings is 4. The van der Waals surface area contributed by atoms with Crippen LogP contribution in [0.1, 0.15) is 72.9 Å². The molecule has 0 aliphatic carbocycles. The lowest BCUT2D eigenvalue weighted by Gasteiger charge is -2.39. The highest BCUT2D eigenvalue weighted by Gasteiger charge is 2.41. The van der Waals surface area contributed by atoms with Crippen molar-refractivity contribution in [3.63, 3.8) is 0 Å². The van der Waals surface area contributed by atoms with E-state index in [1.165, 1.54) is 6.20 Å². The molecule has 1 aromatic carbocycles. The molecule has 18 heteroatoms. The van der Waals surface area contributed by atoms with Crippen molar-refractivity contribution in [1.82, 2.24) is 43.5 Å². The quantitative estimate of drug-likeness (QED) is 0.284. The number of imide groups is 1. The van der Waals surface area contributed by atoms with E-state index in [1.54, 1.807) is 43.7 Å². The van der Waals surface area contributed by atoms with Gasteiger partial charge in [0.05, 0.1) is 30.2 Å². The number of nitrogens with one attached hydrogen (secondary N) is 2. The van der Waals surface area contributed by atoms with Crippen LogP contribution in [-0.4, -0.2) is 128 Å². The third-order valence-electron chi connectivity index (χ3n) is 11.8. The molecule has 0 spiro atoms. The van der Waals surface area contributed by atoms with E-state index >= 15 is 0 Å². The van der Waals surface area contributed by atoms with Crippen LogP contribution in [0.3, 0.4) is 0 Å². The van der Waals surface area contributed by atoms with Gasteiger partial charge in [-0.1, -0.05) is 6.07 Å². The minimum Gasteiger partial charge on any atom is -0.490 e. The zero-order valence-electron chi connectivity index (χ0n) is 31.5. The zero-order chi connectivity index (χ0) is 39.0. The first-order valence-electron chi connectivity index (χ1n) is 19.5. The number of rotatable bonds is 10. The van der Waals surface area contributed by atoms with E-state index in [4.69, 9.17) is 4.74 Å². The number of amides is 3. The molecular formula is C38H47N11O6S. The van der Waals surface area contributed by atoms with Crippen molar-refractivity contribution < 1.29 is 27.5 Å². The van der Waals surface area contributed by atoms with Gasteiger partial charge in [0, 0.05) is 88.2 Å². The van der Waals surface area contributed by atoms with Gasteiger partial charge in [-0.05, 0) is 63.0 Å². The Morgan fingerprint density at radius 1 is 0.964 bits per heavy atom. The predicted octanol–water partition coefficient (Wildman–Crippen LogP) is 1.89. The van der Waals surface area contributed by atoms with Gasteiger partial charge >= 0.3 is 0 Å². The van der Waals surface area contributed by atoms with Gasteiger partial charge in [-0.3, -0.25) is 24.4 Å². The third kappa shape index (κ3) is 7.85. The topological polar surface area (TPSA) is 199 Å². The summed E-state index contributed by atoms with van der Waals surface area (Å²) in [6, 6.07) is 6.95. The standard InChI is InChI=1S/C38H47N11O6S/c1-45-23-27(21-41-45)35-26(19-39)20-40-38(44-35)42-28-9-17-48(18-10-28)56(53,54)47-15-7-25(8-16-47)22-46-13-11-29(12-14-46)55-33-4-2-3-30-31(33)24-49(37(30)52)32-5-6-34(50)43-36(32)51/h2-4,20-21,23,25,28-29,32H,5-18,22,24H2,1H3,(H,40,42,44)(H,43,50,51). The van der Waals surface area contributed by atoms with Crippen molar-refractivity contribution in [3.8, 4) is 23.1 Å². The number of hydrogen-bond acceptors (Lipinski definition) is 12. The molecule has 4 fully saturated rings. The SMILES string of the molecule is Cn1cc(-c2nc(NC3CCN(S(=O)(=O)N4CCC(CN5CCC(Oc6cccc7c6CN(C6CCC(=O)NC6=O)C7=O)CC5)CC4)CC3)ncc2C#N)cn1. The Morgan fingerprint density at radius 2 is 1.70 bits per heavy atom. The second kappa shape index (κ2) is 15.9. The Balaban J connectivity index is 0.772. The Hall–Kier alpha value is -4.96. The highest BCUT2D eigenvalue weighted by molar-refractivity contribution is 7.86. The maximum atomic E-state index is 13.7. The Kier molecular flexibility index (Phi) is 10.8. The summed E-state index contributed by atoms with van der Waals surface area (Å²) in [6.07, 6.45) is 10.0. The summed E-state index contributed by atoms with van der Waals surface area (Å²) in [5, 5.41) is 19.4. The number of aromatic nitrogens is 4. The van der Waals surface area contributed by atoms with E-state index in [0.717, 1.165) is 56.4 Å². The minimum absolute atomic E-state index is 0.00413. The summed E-state index contributed by atoms with van der Waals surface area (Å²) >= 11 is 0. The average Bonchev–Trinajstić information content (AvgIpc) is 3.79. The molecule has 0 radical (unpaired) electrons. The van der Waals surface area contributed by atoms with Gasteiger partial charge in [0.25, 0.3) is 16.1 Å². The van der Waals surface area contributed by atoms with Crippen molar-refractivity contribution in [2.75, 3.05) is 51.1 Å². The van der Waals surface area contributed by atoms with Gasteiger partial charge in [-0.2, -0.15) is 27.4 Å². The van der Waals surface area contributed by atoms with E-state index < -0.39 is 22.2 Å². The zero-order valence-corrected chi connectivity index (χ0v) is 32.3. The number of anilines is 1. The van der Waals surface area contributed by atoms with Gasteiger partial charge < -0.3 is 19.9 Å². The smallest absolute Gasteiger partial charge is 0.281 e. The van der Waals surface area contributed by atoms with Gasteiger partial charge in [0.15, 0.2) is 0 Å². The number of nitrogens with zero attached hydrogens (tertiary/aromatic N) is 9. The largest absolute Gasteiger partial charge is 0.490 e. The maximum Gasteiger partial charge on any atom is 0.281 e. The fraction of sp³-hybridized carbons (Fsp3) is 0.553. The number of hydrogen-bond donors (Lipinski definition) is 2. The van der Waals surface area contributed by atoms with E-state index in [2.05, 4.69) is 36.7 Å². The second-order valence-electron chi connectivity index (χ2n) is 15.4. The van der Waals surface area contributed by atoms with E-state index in [9.17, 15) is 28.1 Å². The molecule has 2 aromatic heterocycles. The molecule has 56 heavy (non-hydrogen) atoms. The Bertz CT molecular complexity index is 2130. The summed E-state index contributed by atoms with van der Waals surface area (Å²) in [5.74, 6) is 0.548. The van der Waals surface area contributed by atoms with Crippen LogP contribution in [0.4, 0.5) is 5.95 Å².